The average Bonchev–Trinajstić information content (AvgIpc) is 2.88. The van der Waals surface area contributed by atoms with Crippen LogP contribution >= 0.6 is 22.9 Å². The number of thiazole rings is 1. The lowest BCUT2D eigenvalue weighted by Gasteiger charge is -2.18. The van der Waals surface area contributed by atoms with E-state index in [1.165, 1.54) is 0 Å². The van der Waals surface area contributed by atoms with Crippen molar-refractivity contribution in [2.75, 3.05) is 12.3 Å². The summed E-state index contributed by atoms with van der Waals surface area (Å²) in [5.41, 5.74) is 8.66. The molecule has 2 rings (SSSR count). The monoisotopic (exact) mass is 282 g/mol. The van der Waals surface area contributed by atoms with Gasteiger partial charge in [-0.3, -0.25) is 4.98 Å². The lowest BCUT2D eigenvalue weighted by atomic mass is 10.1. The Labute approximate surface area is 115 Å². The number of nitrogens with zero attached hydrogens (tertiary/aromatic N) is 2. The first-order chi connectivity index (χ1) is 8.72. The van der Waals surface area contributed by atoms with Crippen LogP contribution in [0.2, 0.25) is 5.02 Å². The second-order valence-corrected chi connectivity index (χ2v) is 5.27. The second-order valence-electron chi connectivity index (χ2n) is 3.92. The number of pyridine rings is 1. The highest BCUT2D eigenvalue weighted by atomic mass is 35.5. The fourth-order valence-electron chi connectivity index (χ4n) is 1.72. The zero-order valence-electron chi connectivity index (χ0n) is 10.1. The van der Waals surface area contributed by atoms with Gasteiger partial charge in [-0.25, -0.2) is 4.98 Å². The third-order valence-corrected chi connectivity index (χ3v) is 3.61. The Kier molecular flexibility index (Phi) is 4.52. The first-order valence-electron chi connectivity index (χ1n) is 5.75. The number of nitrogens with one attached hydrogen (secondary N) is 1. The van der Waals surface area contributed by atoms with Gasteiger partial charge in [-0.15, -0.1) is 11.3 Å². The molecule has 0 aliphatic carbocycles. The quantitative estimate of drug-likeness (QED) is 0.885. The Morgan fingerprint density at radius 3 is 3.00 bits per heavy atom. The molecule has 0 aliphatic rings. The standard InChI is InChI=1S/C12H15ClN4S/c1-2-3-16-11(10-6-15-7-18-10)9-4-8(13)5-17-12(9)14/h4-7,11,16H,2-3H2,1H3,(H2,14,17). The molecule has 6 heteroatoms. The molecule has 2 aromatic rings. The molecule has 0 saturated heterocycles. The highest BCUT2D eigenvalue weighted by Crippen LogP contribution is 2.29. The molecule has 0 bridgehead atoms. The van der Waals surface area contributed by atoms with Crippen LogP contribution < -0.4 is 11.1 Å². The Morgan fingerprint density at radius 1 is 1.50 bits per heavy atom. The van der Waals surface area contributed by atoms with Gasteiger partial charge in [-0.2, -0.15) is 0 Å². The topological polar surface area (TPSA) is 63.8 Å². The lowest BCUT2D eigenvalue weighted by Crippen LogP contribution is -2.23. The molecular formula is C12H15ClN4S. The van der Waals surface area contributed by atoms with Crippen LogP contribution in [0.15, 0.2) is 24.0 Å². The van der Waals surface area contributed by atoms with Crippen molar-refractivity contribution in [1.82, 2.24) is 15.3 Å². The SMILES string of the molecule is CCCNC(c1cncs1)c1cc(Cl)cnc1N. The van der Waals surface area contributed by atoms with Crippen LogP contribution in [0.1, 0.15) is 29.8 Å². The van der Waals surface area contributed by atoms with Crippen LogP contribution in [0.4, 0.5) is 5.82 Å². The molecule has 0 amide bonds. The minimum atomic E-state index is 0.00338. The van der Waals surface area contributed by atoms with Gasteiger partial charge >= 0.3 is 0 Å². The average molecular weight is 283 g/mol. The van der Waals surface area contributed by atoms with Crippen LogP contribution in [-0.4, -0.2) is 16.5 Å². The van der Waals surface area contributed by atoms with Crippen LogP contribution in [-0.2, 0) is 0 Å². The predicted octanol–water partition coefficient (Wildman–Crippen LogP) is 2.86. The molecule has 0 spiro atoms. The van der Waals surface area contributed by atoms with Crippen molar-refractivity contribution in [3.8, 4) is 0 Å². The highest BCUT2D eigenvalue weighted by molar-refractivity contribution is 7.09. The normalized spacial score (nSPS) is 12.6. The van der Waals surface area contributed by atoms with Gasteiger partial charge in [0.15, 0.2) is 0 Å². The van der Waals surface area contributed by atoms with Gasteiger partial charge < -0.3 is 11.1 Å². The first kappa shape index (κ1) is 13.3. The minimum Gasteiger partial charge on any atom is -0.383 e. The van der Waals surface area contributed by atoms with Crippen molar-refractivity contribution in [3.05, 3.63) is 39.4 Å². The number of halogens is 1. The summed E-state index contributed by atoms with van der Waals surface area (Å²) in [7, 11) is 0. The molecule has 0 fully saturated rings. The summed E-state index contributed by atoms with van der Waals surface area (Å²) >= 11 is 7.59. The third-order valence-electron chi connectivity index (χ3n) is 2.56. The molecule has 1 atom stereocenters. The van der Waals surface area contributed by atoms with E-state index in [0.717, 1.165) is 23.4 Å². The summed E-state index contributed by atoms with van der Waals surface area (Å²) in [5, 5.41) is 4.04. The molecule has 2 heterocycles. The summed E-state index contributed by atoms with van der Waals surface area (Å²) < 4.78 is 0. The zero-order chi connectivity index (χ0) is 13.0. The summed E-state index contributed by atoms with van der Waals surface area (Å²) in [4.78, 5) is 9.33. The van der Waals surface area contributed by atoms with E-state index >= 15 is 0 Å². The molecular weight excluding hydrogens is 268 g/mol. The van der Waals surface area contributed by atoms with Gasteiger partial charge in [-0.1, -0.05) is 18.5 Å². The Hall–Kier alpha value is -1.17. The van der Waals surface area contributed by atoms with Crippen LogP contribution in [0.3, 0.4) is 0 Å². The highest BCUT2D eigenvalue weighted by Gasteiger charge is 2.18. The summed E-state index contributed by atoms with van der Waals surface area (Å²) in [5.74, 6) is 0.501. The molecule has 1 unspecified atom stereocenters. The zero-order valence-corrected chi connectivity index (χ0v) is 11.6. The van der Waals surface area contributed by atoms with Crippen molar-refractivity contribution >= 4 is 28.8 Å². The molecule has 0 aromatic carbocycles. The van der Waals surface area contributed by atoms with Gasteiger partial charge in [0.05, 0.1) is 16.6 Å². The van der Waals surface area contributed by atoms with E-state index < -0.39 is 0 Å². The maximum atomic E-state index is 6.00. The van der Waals surface area contributed by atoms with Crippen LogP contribution in [0.25, 0.3) is 0 Å². The fraction of sp³-hybridized carbons (Fsp3) is 0.333. The fourth-order valence-corrected chi connectivity index (χ4v) is 2.60. The van der Waals surface area contributed by atoms with Gasteiger partial charge in [-0.05, 0) is 19.0 Å². The van der Waals surface area contributed by atoms with E-state index in [1.807, 2.05) is 17.8 Å². The van der Waals surface area contributed by atoms with E-state index in [0.29, 0.717) is 10.8 Å². The summed E-state index contributed by atoms with van der Waals surface area (Å²) in [6, 6.07) is 1.86. The minimum absolute atomic E-state index is 0.00338. The smallest absolute Gasteiger partial charge is 0.128 e. The number of hydrogen-bond acceptors (Lipinski definition) is 5. The van der Waals surface area contributed by atoms with Crippen molar-refractivity contribution < 1.29 is 0 Å². The number of nitrogens with two attached hydrogens (primary N) is 1. The van der Waals surface area contributed by atoms with Gasteiger partial charge in [0.2, 0.25) is 0 Å². The molecule has 2 aromatic heterocycles. The molecule has 0 radical (unpaired) electrons. The molecule has 0 saturated carbocycles. The molecule has 96 valence electrons. The predicted molar refractivity (Wildman–Crippen MR) is 75.9 cm³/mol. The Morgan fingerprint density at radius 2 is 2.33 bits per heavy atom. The molecule has 18 heavy (non-hydrogen) atoms. The summed E-state index contributed by atoms with van der Waals surface area (Å²) in [6.07, 6.45) is 4.45. The van der Waals surface area contributed by atoms with E-state index in [4.69, 9.17) is 17.3 Å². The van der Waals surface area contributed by atoms with Gasteiger partial charge in [0, 0.05) is 22.8 Å². The summed E-state index contributed by atoms with van der Waals surface area (Å²) in [6.45, 7) is 3.02. The second kappa shape index (κ2) is 6.13. The van der Waals surface area contributed by atoms with Crippen molar-refractivity contribution in [3.63, 3.8) is 0 Å². The van der Waals surface area contributed by atoms with Crippen molar-refractivity contribution in [1.29, 1.82) is 0 Å². The van der Waals surface area contributed by atoms with Crippen LogP contribution in [0, 0.1) is 0 Å². The maximum absolute atomic E-state index is 6.00. The van der Waals surface area contributed by atoms with E-state index in [-0.39, 0.29) is 6.04 Å². The Balaban J connectivity index is 2.36. The largest absolute Gasteiger partial charge is 0.383 e. The maximum Gasteiger partial charge on any atom is 0.128 e. The first-order valence-corrected chi connectivity index (χ1v) is 7.00. The lowest BCUT2D eigenvalue weighted by molar-refractivity contribution is 0.605. The number of aromatic nitrogens is 2. The van der Waals surface area contributed by atoms with Gasteiger partial charge in [0.1, 0.15) is 5.82 Å². The molecule has 0 aliphatic heterocycles. The van der Waals surface area contributed by atoms with E-state index in [2.05, 4.69) is 22.2 Å². The van der Waals surface area contributed by atoms with Crippen LogP contribution in [0.5, 0.6) is 0 Å². The third kappa shape index (κ3) is 2.98. The van der Waals surface area contributed by atoms with E-state index in [9.17, 15) is 0 Å². The molecule has 4 nitrogen and oxygen atoms in total. The number of nitrogen functional groups attached to an aromatic ring is 1. The number of anilines is 1. The number of rotatable bonds is 5. The van der Waals surface area contributed by atoms with Gasteiger partial charge in [0.25, 0.3) is 0 Å². The Bertz CT molecular complexity index is 501. The van der Waals surface area contributed by atoms with Crippen molar-refractivity contribution in [2.24, 2.45) is 0 Å². The van der Waals surface area contributed by atoms with Crippen molar-refractivity contribution in [2.45, 2.75) is 19.4 Å². The number of hydrogen-bond donors (Lipinski definition) is 2. The van der Waals surface area contributed by atoms with E-state index in [1.54, 1.807) is 17.5 Å². The molecule has 3 N–H and O–H groups in total.